The minimum absolute atomic E-state index is 0.0969. The van der Waals surface area contributed by atoms with Gasteiger partial charge in [-0.05, 0) is 20.3 Å². The van der Waals surface area contributed by atoms with Crippen LogP contribution in [0.2, 0.25) is 0 Å². The fourth-order valence-electron chi connectivity index (χ4n) is 3.62. The highest BCUT2D eigenvalue weighted by Gasteiger charge is 2.26. The summed E-state index contributed by atoms with van der Waals surface area (Å²) in [6, 6.07) is 0.0969. The zero-order valence-corrected chi connectivity index (χ0v) is 14.4. The van der Waals surface area contributed by atoms with Gasteiger partial charge in [-0.3, -0.25) is 4.79 Å². The number of hydroxylamine groups is 1. The molecule has 0 bridgehead atoms. The van der Waals surface area contributed by atoms with Gasteiger partial charge in [-0.15, -0.1) is 5.48 Å². The molecule has 1 unspecified atom stereocenters. The first kappa shape index (κ1) is 15.7. The smallest absolute Gasteiger partial charge is 0.260 e. The summed E-state index contributed by atoms with van der Waals surface area (Å²) in [5.41, 5.74) is 5.68. The number of nitrogens with zero attached hydrogens (tertiary/aromatic N) is 1. The van der Waals surface area contributed by atoms with Crippen LogP contribution in [0.4, 0.5) is 0 Å². The van der Waals surface area contributed by atoms with E-state index in [4.69, 9.17) is 9.57 Å². The Morgan fingerprint density at radius 3 is 2.88 bits per heavy atom. The molecule has 7 heteroatoms. The van der Waals surface area contributed by atoms with Crippen molar-refractivity contribution in [2.24, 2.45) is 0 Å². The van der Waals surface area contributed by atoms with Crippen LogP contribution in [0, 0.1) is 0 Å². The molecule has 1 atom stereocenters. The van der Waals surface area contributed by atoms with Crippen molar-refractivity contribution in [1.29, 1.82) is 0 Å². The van der Waals surface area contributed by atoms with Crippen molar-refractivity contribution in [3.05, 3.63) is 49.9 Å². The molecule has 7 nitrogen and oxygen atoms in total. The van der Waals surface area contributed by atoms with Gasteiger partial charge in [0.05, 0.1) is 24.9 Å². The Balaban J connectivity index is 1.93. The van der Waals surface area contributed by atoms with Gasteiger partial charge in [0, 0.05) is 28.1 Å². The second-order valence-corrected chi connectivity index (χ2v) is 6.24. The second-order valence-electron chi connectivity index (χ2n) is 6.24. The third-order valence-electron chi connectivity index (χ3n) is 4.78. The predicted octanol–water partition coefficient (Wildman–Crippen LogP) is 0.704. The maximum Gasteiger partial charge on any atom is 0.260 e. The standard InChI is InChI=1S/C18H20N4O3/c1-9-15(10(2)25-22-9)12-4-6-13-11(5-7-14(12)24-3)16-17(21-13)19-8-20-18(16)23/h5-6,8-9,22H,4,7H2,1-3H3,(H2,19,20,21,23)/b11-5?,13-6-,14-12-. The first-order chi connectivity index (χ1) is 12.1. The highest BCUT2D eigenvalue weighted by molar-refractivity contribution is 5.76. The van der Waals surface area contributed by atoms with Crippen LogP contribution in [-0.2, 0) is 9.57 Å². The van der Waals surface area contributed by atoms with Crippen molar-refractivity contribution in [3.63, 3.8) is 0 Å². The number of ether oxygens (including phenoxy) is 1. The average Bonchev–Trinajstić information content (AvgIpc) is 3.10. The predicted molar refractivity (Wildman–Crippen MR) is 94.5 cm³/mol. The summed E-state index contributed by atoms with van der Waals surface area (Å²) in [4.78, 5) is 27.8. The average molecular weight is 340 g/mol. The second kappa shape index (κ2) is 5.93. The number of aromatic nitrogens is 3. The van der Waals surface area contributed by atoms with Gasteiger partial charge in [-0.1, -0.05) is 12.2 Å². The lowest BCUT2D eigenvalue weighted by Gasteiger charge is -2.16. The molecule has 0 amide bonds. The van der Waals surface area contributed by atoms with Gasteiger partial charge >= 0.3 is 0 Å². The number of rotatable bonds is 2. The SMILES string of the molecule is CO/C1=C(\C2=C(C)ONC2C)C/C=c2\[nH]c3nc[nH]c(=O)c3c2=CC1. The topological polar surface area (TPSA) is 92.0 Å². The van der Waals surface area contributed by atoms with E-state index in [1.54, 1.807) is 7.11 Å². The van der Waals surface area contributed by atoms with Crippen molar-refractivity contribution < 1.29 is 9.57 Å². The Labute approximate surface area is 143 Å². The van der Waals surface area contributed by atoms with E-state index >= 15 is 0 Å². The number of hydrogen-bond acceptors (Lipinski definition) is 5. The van der Waals surface area contributed by atoms with E-state index in [0.717, 1.165) is 33.2 Å². The molecule has 3 N–H and O–H groups in total. The molecule has 4 rings (SSSR count). The molecule has 130 valence electrons. The van der Waals surface area contributed by atoms with E-state index in [2.05, 4.69) is 33.4 Å². The Kier molecular flexibility index (Phi) is 3.73. The van der Waals surface area contributed by atoms with Crippen LogP contribution in [0.15, 0.2) is 33.8 Å². The van der Waals surface area contributed by atoms with Crippen LogP contribution >= 0.6 is 0 Å². The minimum Gasteiger partial charge on any atom is -0.500 e. The number of allylic oxidation sites excluding steroid dienone is 2. The first-order valence-electron chi connectivity index (χ1n) is 8.25. The monoisotopic (exact) mass is 340 g/mol. The molecule has 1 aliphatic heterocycles. The summed E-state index contributed by atoms with van der Waals surface area (Å²) in [6.07, 6.45) is 6.78. The molecule has 0 saturated heterocycles. The number of H-pyrrole nitrogens is 2. The lowest BCUT2D eigenvalue weighted by Crippen LogP contribution is -2.27. The summed E-state index contributed by atoms with van der Waals surface area (Å²) in [5.74, 6) is 1.74. The molecule has 0 fully saturated rings. The van der Waals surface area contributed by atoms with Crippen LogP contribution in [0.5, 0.6) is 0 Å². The largest absolute Gasteiger partial charge is 0.500 e. The van der Waals surface area contributed by atoms with Crippen molar-refractivity contribution in [2.45, 2.75) is 32.7 Å². The highest BCUT2D eigenvalue weighted by atomic mass is 16.7. The van der Waals surface area contributed by atoms with Gasteiger partial charge in [-0.2, -0.15) is 0 Å². The van der Waals surface area contributed by atoms with Gasteiger partial charge in [0.25, 0.3) is 5.56 Å². The molecule has 2 aliphatic rings. The molecule has 0 saturated carbocycles. The molecule has 3 heterocycles. The molecular formula is C18H20N4O3. The molecule has 0 aromatic carbocycles. The van der Waals surface area contributed by atoms with Gasteiger partial charge in [0.2, 0.25) is 0 Å². The van der Waals surface area contributed by atoms with Crippen LogP contribution in [0.25, 0.3) is 23.2 Å². The maximum atomic E-state index is 12.2. The van der Waals surface area contributed by atoms with Crippen LogP contribution in [0.3, 0.4) is 0 Å². The summed E-state index contributed by atoms with van der Waals surface area (Å²) >= 11 is 0. The fourth-order valence-corrected chi connectivity index (χ4v) is 3.62. The third-order valence-corrected chi connectivity index (χ3v) is 4.78. The van der Waals surface area contributed by atoms with Crippen molar-refractivity contribution in [1.82, 2.24) is 20.4 Å². The van der Waals surface area contributed by atoms with E-state index in [-0.39, 0.29) is 11.6 Å². The molecule has 1 aliphatic carbocycles. The number of aromatic amines is 2. The Morgan fingerprint density at radius 1 is 1.32 bits per heavy atom. The van der Waals surface area contributed by atoms with Crippen molar-refractivity contribution >= 4 is 23.2 Å². The maximum absolute atomic E-state index is 12.2. The Hall–Kier alpha value is -2.80. The summed E-state index contributed by atoms with van der Waals surface area (Å²) < 4.78 is 5.68. The van der Waals surface area contributed by atoms with Gasteiger partial charge < -0.3 is 19.5 Å². The molecule has 2 aromatic rings. The van der Waals surface area contributed by atoms with Gasteiger partial charge in [0.1, 0.15) is 17.2 Å². The van der Waals surface area contributed by atoms with E-state index in [1.165, 1.54) is 6.33 Å². The van der Waals surface area contributed by atoms with E-state index in [1.807, 2.05) is 13.0 Å². The quantitative estimate of drug-likeness (QED) is 0.749. The Morgan fingerprint density at radius 2 is 2.16 bits per heavy atom. The number of fused-ring (bicyclic) bond motifs is 3. The first-order valence-corrected chi connectivity index (χ1v) is 8.25. The number of methoxy groups -OCH3 is 1. The minimum atomic E-state index is -0.142. The molecule has 0 spiro atoms. The van der Waals surface area contributed by atoms with Gasteiger partial charge in [-0.25, -0.2) is 4.98 Å². The zero-order valence-electron chi connectivity index (χ0n) is 14.4. The molecule has 25 heavy (non-hydrogen) atoms. The number of nitrogens with one attached hydrogen (secondary N) is 3. The summed E-state index contributed by atoms with van der Waals surface area (Å²) in [5, 5.41) is 2.37. The molecule has 2 aromatic heterocycles. The van der Waals surface area contributed by atoms with Crippen LogP contribution in [0.1, 0.15) is 26.7 Å². The van der Waals surface area contributed by atoms with Crippen molar-refractivity contribution in [2.75, 3.05) is 7.11 Å². The van der Waals surface area contributed by atoms with E-state index in [9.17, 15) is 4.79 Å². The highest BCUT2D eigenvalue weighted by Crippen LogP contribution is 2.31. The van der Waals surface area contributed by atoms with Gasteiger partial charge in [0.15, 0.2) is 0 Å². The Bertz CT molecular complexity index is 1090. The van der Waals surface area contributed by atoms with E-state index < -0.39 is 0 Å². The lowest BCUT2D eigenvalue weighted by molar-refractivity contribution is 0.121. The molecular weight excluding hydrogens is 320 g/mol. The van der Waals surface area contributed by atoms with Crippen LogP contribution < -0.4 is 21.6 Å². The fraction of sp³-hybridized carbons (Fsp3) is 0.333. The zero-order chi connectivity index (χ0) is 17.6. The molecule has 0 radical (unpaired) electrons. The van der Waals surface area contributed by atoms with Crippen LogP contribution in [-0.4, -0.2) is 28.1 Å². The third kappa shape index (κ3) is 2.47. The lowest BCUT2D eigenvalue weighted by atomic mass is 9.93. The summed E-state index contributed by atoms with van der Waals surface area (Å²) in [7, 11) is 1.68. The van der Waals surface area contributed by atoms with Crippen molar-refractivity contribution in [3.8, 4) is 0 Å². The van der Waals surface area contributed by atoms with E-state index in [0.29, 0.717) is 23.9 Å². The number of hydrogen-bond donors (Lipinski definition) is 3. The normalized spacial score (nSPS) is 24.8. The summed E-state index contributed by atoms with van der Waals surface area (Å²) in [6.45, 7) is 4.01.